The molecule has 0 saturated carbocycles. The summed E-state index contributed by atoms with van der Waals surface area (Å²) >= 11 is 1.96. The molecular weight excluding hydrogens is 226 g/mol. The van der Waals surface area contributed by atoms with Crippen LogP contribution in [-0.2, 0) is 0 Å². The summed E-state index contributed by atoms with van der Waals surface area (Å²) in [5, 5.41) is 0. The van der Waals surface area contributed by atoms with Gasteiger partial charge in [0.05, 0.1) is 0 Å². The average Bonchev–Trinajstić information content (AvgIpc) is 2.34. The van der Waals surface area contributed by atoms with E-state index in [0.717, 1.165) is 11.6 Å². The van der Waals surface area contributed by atoms with Crippen molar-refractivity contribution in [1.82, 2.24) is 0 Å². The maximum absolute atomic E-state index is 5.93. The Kier molecular flexibility index (Phi) is 6.49. The highest BCUT2D eigenvalue weighted by molar-refractivity contribution is 7.99. The number of nitrogens with two attached hydrogens (primary N) is 1. The second-order valence-corrected chi connectivity index (χ2v) is 5.76. The highest BCUT2D eigenvalue weighted by Crippen LogP contribution is 2.29. The molecule has 0 bridgehead atoms. The van der Waals surface area contributed by atoms with Gasteiger partial charge in [0.2, 0.25) is 0 Å². The number of thioether (sulfide) groups is 1. The Balaban J connectivity index is 2.50. The predicted molar refractivity (Wildman–Crippen MR) is 79.6 cm³/mol. The van der Waals surface area contributed by atoms with Gasteiger partial charge in [-0.05, 0) is 37.0 Å². The van der Waals surface area contributed by atoms with Crippen LogP contribution in [0.1, 0.15) is 45.1 Å². The first-order chi connectivity index (χ1) is 8.19. The number of hydrogen-bond acceptors (Lipinski definition) is 2. The van der Waals surface area contributed by atoms with E-state index in [-0.39, 0.29) is 0 Å². The summed E-state index contributed by atoms with van der Waals surface area (Å²) in [5.74, 6) is 2.07. The third-order valence-corrected chi connectivity index (χ3v) is 4.74. The molecule has 2 N–H and O–H groups in total. The van der Waals surface area contributed by atoms with Crippen LogP contribution in [0.5, 0.6) is 0 Å². The van der Waals surface area contributed by atoms with Crippen molar-refractivity contribution in [3.63, 3.8) is 0 Å². The molecule has 1 atom stereocenters. The zero-order chi connectivity index (χ0) is 12.7. The van der Waals surface area contributed by atoms with Gasteiger partial charge in [0, 0.05) is 16.3 Å². The van der Waals surface area contributed by atoms with Gasteiger partial charge in [-0.3, -0.25) is 0 Å². The van der Waals surface area contributed by atoms with Crippen LogP contribution in [0.15, 0.2) is 23.1 Å². The van der Waals surface area contributed by atoms with Crippen LogP contribution in [0.2, 0.25) is 0 Å². The normalized spacial score (nSPS) is 12.6. The van der Waals surface area contributed by atoms with Crippen molar-refractivity contribution in [2.75, 3.05) is 11.5 Å². The molecule has 1 aromatic rings. The van der Waals surface area contributed by atoms with Crippen LogP contribution in [0, 0.1) is 12.8 Å². The summed E-state index contributed by atoms with van der Waals surface area (Å²) in [6.45, 7) is 6.68. The number of rotatable bonds is 7. The summed E-state index contributed by atoms with van der Waals surface area (Å²) in [4.78, 5) is 1.35. The van der Waals surface area contributed by atoms with Crippen LogP contribution in [0.25, 0.3) is 0 Å². The van der Waals surface area contributed by atoms with E-state index in [0.29, 0.717) is 0 Å². The lowest BCUT2D eigenvalue weighted by Crippen LogP contribution is -2.02. The van der Waals surface area contributed by atoms with E-state index < -0.39 is 0 Å². The maximum Gasteiger partial charge on any atom is 0.0354 e. The number of nitrogen functional groups attached to an aromatic ring is 1. The molecule has 0 radical (unpaired) electrons. The second kappa shape index (κ2) is 7.65. The molecule has 1 nitrogen and oxygen atoms in total. The predicted octanol–water partition coefficient (Wildman–Crippen LogP) is 4.89. The van der Waals surface area contributed by atoms with Gasteiger partial charge in [0.25, 0.3) is 0 Å². The molecule has 96 valence electrons. The summed E-state index contributed by atoms with van der Waals surface area (Å²) in [7, 11) is 0. The van der Waals surface area contributed by atoms with E-state index in [1.807, 2.05) is 17.8 Å². The molecule has 2 heteroatoms. The monoisotopic (exact) mass is 251 g/mol. The van der Waals surface area contributed by atoms with Crippen molar-refractivity contribution in [3.8, 4) is 0 Å². The van der Waals surface area contributed by atoms with Gasteiger partial charge in [-0.25, -0.2) is 0 Å². The minimum atomic E-state index is 0.848. The molecule has 1 rings (SSSR count). The first-order valence-electron chi connectivity index (χ1n) is 6.66. The smallest absolute Gasteiger partial charge is 0.0354 e. The lowest BCUT2D eigenvalue weighted by Gasteiger charge is -2.15. The Morgan fingerprint density at radius 2 is 2.06 bits per heavy atom. The third kappa shape index (κ3) is 4.63. The fraction of sp³-hybridized carbons (Fsp3) is 0.600. The Hall–Kier alpha value is -0.630. The standard InChI is InChI=1S/C15H25NS/c1-4-6-8-13(5-2)11-17-15-10-7-9-14(16)12(15)3/h7,9-10,13H,4-6,8,11,16H2,1-3H3. The topological polar surface area (TPSA) is 26.0 Å². The molecule has 0 aliphatic heterocycles. The third-order valence-electron chi connectivity index (χ3n) is 3.34. The average molecular weight is 251 g/mol. The Labute approximate surface area is 110 Å². The first-order valence-corrected chi connectivity index (χ1v) is 7.65. The van der Waals surface area contributed by atoms with E-state index in [1.165, 1.54) is 41.9 Å². The summed E-state index contributed by atoms with van der Waals surface area (Å²) < 4.78 is 0. The molecule has 0 fully saturated rings. The molecule has 0 amide bonds. The molecule has 0 saturated heterocycles. The highest BCUT2D eigenvalue weighted by Gasteiger charge is 2.08. The molecule has 0 heterocycles. The van der Waals surface area contributed by atoms with Gasteiger partial charge in [-0.2, -0.15) is 0 Å². The van der Waals surface area contributed by atoms with E-state index >= 15 is 0 Å². The van der Waals surface area contributed by atoms with Gasteiger partial charge in [0.1, 0.15) is 0 Å². The van der Waals surface area contributed by atoms with Crippen molar-refractivity contribution in [2.24, 2.45) is 5.92 Å². The van der Waals surface area contributed by atoms with Crippen molar-refractivity contribution >= 4 is 17.4 Å². The highest BCUT2D eigenvalue weighted by atomic mass is 32.2. The van der Waals surface area contributed by atoms with Crippen LogP contribution in [0.4, 0.5) is 5.69 Å². The summed E-state index contributed by atoms with van der Waals surface area (Å²) in [6.07, 6.45) is 5.31. The number of benzene rings is 1. The molecule has 0 aromatic heterocycles. The quantitative estimate of drug-likeness (QED) is 0.552. The maximum atomic E-state index is 5.93. The van der Waals surface area contributed by atoms with Gasteiger partial charge in [-0.15, -0.1) is 11.8 Å². The Bertz CT molecular complexity index is 336. The van der Waals surface area contributed by atoms with Crippen LogP contribution in [0.3, 0.4) is 0 Å². The molecule has 0 aliphatic carbocycles. The van der Waals surface area contributed by atoms with Crippen LogP contribution in [-0.4, -0.2) is 5.75 Å². The van der Waals surface area contributed by atoms with Crippen molar-refractivity contribution in [1.29, 1.82) is 0 Å². The van der Waals surface area contributed by atoms with E-state index in [1.54, 1.807) is 0 Å². The summed E-state index contributed by atoms with van der Waals surface area (Å²) in [5.41, 5.74) is 8.08. The molecule has 0 spiro atoms. The molecular formula is C15H25NS. The van der Waals surface area contributed by atoms with Crippen molar-refractivity contribution in [3.05, 3.63) is 23.8 Å². The fourth-order valence-corrected chi connectivity index (χ4v) is 3.22. The van der Waals surface area contributed by atoms with Gasteiger partial charge >= 0.3 is 0 Å². The molecule has 1 aromatic carbocycles. The Morgan fingerprint density at radius 3 is 2.71 bits per heavy atom. The van der Waals surface area contributed by atoms with Crippen molar-refractivity contribution < 1.29 is 0 Å². The van der Waals surface area contributed by atoms with Gasteiger partial charge in [-0.1, -0.05) is 39.2 Å². The lowest BCUT2D eigenvalue weighted by molar-refractivity contribution is 0.499. The zero-order valence-corrected chi connectivity index (χ0v) is 12.1. The number of anilines is 1. The van der Waals surface area contributed by atoms with E-state index in [4.69, 9.17) is 5.73 Å². The van der Waals surface area contributed by atoms with Crippen LogP contribution >= 0.6 is 11.8 Å². The van der Waals surface area contributed by atoms with Gasteiger partial charge < -0.3 is 5.73 Å². The number of unbranched alkanes of at least 4 members (excludes halogenated alkanes) is 1. The number of hydrogen-bond donors (Lipinski definition) is 1. The van der Waals surface area contributed by atoms with E-state index in [9.17, 15) is 0 Å². The SMILES string of the molecule is CCCCC(CC)CSc1cccc(N)c1C. The molecule has 1 unspecified atom stereocenters. The van der Waals surface area contributed by atoms with Crippen molar-refractivity contribution in [2.45, 2.75) is 51.3 Å². The minimum Gasteiger partial charge on any atom is -0.398 e. The van der Waals surface area contributed by atoms with Crippen LogP contribution < -0.4 is 5.73 Å². The second-order valence-electron chi connectivity index (χ2n) is 4.70. The Morgan fingerprint density at radius 1 is 1.29 bits per heavy atom. The zero-order valence-electron chi connectivity index (χ0n) is 11.3. The summed E-state index contributed by atoms with van der Waals surface area (Å²) in [6, 6.07) is 6.22. The largest absolute Gasteiger partial charge is 0.398 e. The molecule has 0 aliphatic rings. The first kappa shape index (κ1) is 14.4. The minimum absolute atomic E-state index is 0.848. The lowest BCUT2D eigenvalue weighted by atomic mass is 10.0. The fourth-order valence-electron chi connectivity index (χ4n) is 1.89. The van der Waals surface area contributed by atoms with Gasteiger partial charge in [0.15, 0.2) is 0 Å². The van der Waals surface area contributed by atoms with E-state index in [2.05, 4.69) is 32.9 Å². The molecule has 17 heavy (non-hydrogen) atoms.